The molecule has 6 rings (SSSR count). The largest absolute Gasteiger partial charge is 0.462 e. The SMILES string of the molecule is CO[C@@](C(=O)O[C@H]([C@H]1C[C@@H]([C@@H]2CC=C3[C@@]4(C)[C@H](CC[C@]32C)[C@@]2(C)C=CC(=O)C(C)(C)[C@@H]2C[C@H]4OC(C)=O)CO1)C(C)(C)O)(c1ccccc1)C(F)(F)F. The highest BCUT2D eigenvalue weighted by Gasteiger charge is 2.69. The Bertz CT molecular complexity index is 1680. The summed E-state index contributed by atoms with van der Waals surface area (Å²) in [6, 6.07) is 6.61. The molecule has 1 aromatic rings. The van der Waals surface area contributed by atoms with Crippen LogP contribution >= 0.6 is 0 Å². The number of esters is 2. The lowest BCUT2D eigenvalue weighted by Crippen LogP contribution is -2.64. The lowest BCUT2D eigenvalue weighted by Gasteiger charge is -2.66. The monoisotopic (exact) mass is 744 g/mol. The van der Waals surface area contributed by atoms with E-state index >= 15 is 0 Å². The summed E-state index contributed by atoms with van der Waals surface area (Å²) < 4.78 is 67.3. The fraction of sp³-hybridized carbons (Fsp3) is 0.690. The molecule has 0 aromatic heterocycles. The molecule has 0 unspecified atom stereocenters. The molecule has 3 fully saturated rings. The number of hydrogen-bond acceptors (Lipinski definition) is 8. The third-order valence-electron chi connectivity index (χ3n) is 14.4. The third kappa shape index (κ3) is 5.93. The van der Waals surface area contributed by atoms with Gasteiger partial charge in [-0.15, -0.1) is 0 Å². The van der Waals surface area contributed by atoms with Crippen LogP contribution in [-0.2, 0) is 38.9 Å². The minimum absolute atomic E-state index is 0.0152. The van der Waals surface area contributed by atoms with Crippen molar-refractivity contribution in [2.24, 2.45) is 45.3 Å². The van der Waals surface area contributed by atoms with Gasteiger partial charge in [-0.3, -0.25) is 9.59 Å². The van der Waals surface area contributed by atoms with Gasteiger partial charge in [0.1, 0.15) is 6.10 Å². The van der Waals surface area contributed by atoms with Gasteiger partial charge in [-0.25, -0.2) is 4.79 Å². The average Bonchev–Trinajstić information content (AvgIpc) is 3.67. The molecule has 1 aromatic carbocycles. The molecule has 1 N–H and O–H groups in total. The smallest absolute Gasteiger partial charge is 0.432 e. The van der Waals surface area contributed by atoms with Gasteiger partial charge in [-0.1, -0.05) is 82.7 Å². The van der Waals surface area contributed by atoms with E-state index in [4.69, 9.17) is 18.9 Å². The Morgan fingerprint density at radius 3 is 2.26 bits per heavy atom. The van der Waals surface area contributed by atoms with Gasteiger partial charge < -0.3 is 24.1 Å². The van der Waals surface area contributed by atoms with Gasteiger partial charge in [0.2, 0.25) is 0 Å². The van der Waals surface area contributed by atoms with E-state index < -0.39 is 58.1 Å². The van der Waals surface area contributed by atoms with Crippen molar-refractivity contribution in [2.45, 2.75) is 123 Å². The number of allylic oxidation sites excluding steroid dienone is 3. The molecule has 53 heavy (non-hydrogen) atoms. The fourth-order valence-corrected chi connectivity index (χ4v) is 11.8. The molecular weight excluding hydrogens is 689 g/mol. The lowest BCUT2D eigenvalue weighted by molar-refractivity contribution is -0.283. The Morgan fingerprint density at radius 2 is 1.68 bits per heavy atom. The topological polar surface area (TPSA) is 108 Å². The van der Waals surface area contributed by atoms with Gasteiger partial charge in [-0.2, -0.15) is 13.2 Å². The molecule has 1 saturated heterocycles. The number of methoxy groups -OCH3 is 1. The van der Waals surface area contributed by atoms with Crippen LogP contribution in [0.4, 0.5) is 13.2 Å². The number of fused-ring (bicyclic) bond motifs is 5. The first-order valence-electron chi connectivity index (χ1n) is 18.8. The zero-order valence-corrected chi connectivity index (χ0v) is 32.3. The zero-order valence-electron chi connectivity index (χ0n) is 32.3. The Morgan fingerprint density at radius 1 is 1.02 bits per heavy atom. The summed E-state index contributed by atoms with van der Waals surface area (Å²) in [4.78, 5) is 39.5. The molecule has 292 valence electrons. The summed E-state index contributed by atoms with van der Waals surface area (Å²) in [5.41, 5.74) is -6.09. The Hall–Kier alpha value is -3.02. The van der Waals surface area contributed by atoms with Gasteiger partial charge >= 0.3 is 18.1 Å². The first-order chi connectivity index (χ1) is 24.5. The number of alkyl halides is 3. The van der Waals surface area contributed by atoms with Crippen molar-refractivity contribution in [3.05, 3.63) is 59.7 Å². The van der Waals surface area contributed by atoms with Crippen LogP contribution in [0.5, 0.6) is 0 Å². The third-order valence-corrected chi connectivity index (χ3v) is 14.4. The predicted octanol–water partition coefficient (Wildman–Crippen LogP) is 7.67. The number of halogens is 3. The Kier molecular flexibility index (Phi) is 9.76. The van der Waals surface area contributed by atoms with E-state index in [9.17, 15) is 32.7 Å². The summed E-state index contributed by atoms with van der Waals surface area (Å²) >= 11 is 0. The van der Waals surface area contributed by atoms with Crippen molar-refractivity contribution in [3.8, 4) is 0 Å². The summed E-state index contributed by atoms with van der Waals surface area (Å²) in [6.07, 6.45) is 1.58. The number of ketones is 1. The summed E-state index contributed by atoms with van der Waals surface area (Å²) in [5.74, 6) is -1.84. The highest BCUT2D eigenvalue weighted by atomic mass is 19.4. The molecule has 5 aliphatic rings. The van der Waals surface area contributed by atoms with Crippen LogP contribution in [0.2, 0.25) is 0 Å². The first-order valence-corrected chi connectivity index (χ1v) is 18.8. The van der Waals surface area contributed by atoms with Crippen LogP contribution in [-0.4, -0.2) is 66.6 Å². The second-order valence-electron chi connectivity index (χ2n) is 18.0. The maximum absolute atomic E-state index is 14.7. The number of benzene rings is 1. The number of carbonyl (C=O) groups excluding carboxylic acids is 3. The number of carbonyl (C=O) groups is 3. The quantitative estimate of drug-likeness (QED) is 0.214. The van der Waals surface area contributed by atoms with Crippen molar-refractivity contribution >= 4 is 17.7 Å². The van der Waals surface area contributed by atoms with Crippen molar-refractivity contribution < 1.29 is 51.6 Å². The van der Waals surface area contributed by atoms with E-state index in [1.165, 1.54) is 44.5 Å². The molecule has 8 nitrogen and oxygen atoms in total. The summed E-state index contributed by atoms with van der Waals surface area (Å²) in [7, 11) is 0.813. The molecule has 0 bridgehead atoms. The van der Waals surface area contributed by atoms with Gasteiger partial charge in [0.05, 0.1) is 18.3 Å². The van der Waals surface area contributed by atoms with Gasteiger partial charge in [0, 0.05) is 30.4 Å². The van der Waals surface area contributed by atoms with E-state index in [2.05, 4.69) is 32.9 Å². The van der Waals surface area contributed by atoms with Crippen LogP contribution in [0, 0.1) is 45.3 Å². The number of aliphatic hydroxyl groups is 1. The first kappa shape index (κ1) is 39.7. The normalized spacial score (nSPS) is 38.1. The van der Waals surface area contributed by atoms with Crippen LogP contribution in [0.15, 0.2) is 54.1 Å². The lowest BCUT2D eigenvalue weighted by atomic mass is 9.38. The molecule has 11 atom stereocenters. The summed E-state index contributed by atoms with van der Waals surface area (Å²) in [6.45, 7) is 15.2. The van der Waals surface area contributed by atoms with Crippen LogP contribution in [0.3, 0.4) is 0 Å². The zero-order chi connectivity index (χ0) is 39.2. The maximum Gasteiger partial charge on any atom is 0.432 e. The minimum Gasteiger partial charge on any atom is -0.462 e. The number of ether oxygens (including phenoxy) is 4. The molecule has 0 amide bonds. The predicted molar refractivity (Wildman–Crippen MR) is 190 cm³/mol. The molecular formula is C42H55F3O8. The second-order valence-corrected chi connectivity index (χ2v) is 18.0. The highest BCUT2D eigenvalue weighted by molar-refractivity contribution is 5.95. The molecule has 0 radical (unpaired) electrons. The second kappa shape index (κ2) is 13.0. The molecule has 2 saturated carbocycles. The van der Waals surface area contributed by atoms with E-state index in [-0.39, 0.29) is 52.9 Å². The Labute approximate surface area is 310 Å². The van der Waals surface area contributed by atoms with E-state index in [1.807, 2.05) is 13.8 Å². The van der Waals surface area contributed by atoms with Gasteiger partial charge in [-0.05, 0) is 86.5 Å². The van der Waals surface area contributed by atoms with Gasteiger partial charge in [0.15, 0.2) is 11.9 Å². The van der Waals surface area contributed by atoms with Crippen LogP contribution in [0.1, 0.15) is 93.1 Å². The van der Waals surface area contributed by atoms with E-state index in [1.54, 1.807) is 6.08 Å². The number of hydrogen-bond donors (Lipinski definition) is 1. The minimum atomic E-state index is -5.17. The molecule has 0 spiro atoms. The molecule has 4 aliphatic carbocycles. The van der Waals surface area contributed by atoms with Crippen molar-refractivity contribution in [1.82, 2.24) is 0 Å². The average molecular weight is 745 g/mol. The Balaban J connectivity index is 1.28. The highest BCUT2D eigenvalue weighted by Crippen LogP contribution is 2.72. The maximum atomic E-state index is 14.7. The van der Waals surface area contributed by atoms with Crippen LogP contribution in [0.25, 0.3) is 0 Å². The van der Waals surface area contributed by atoms with E-state index in [0.717, 1.165) is 38.5 Å². The molecule has 11 heteroatoms. The molecule has 1 heterocycles. The standard InChI is InChI=1S/C42H55F3O8/c1-24(46)52-33-22-31-36(2,3)32(47)18-20-39(31,7)30-17-19-38(6)27(15-16-29(38)40(30,33)8)25-21-28(51-23-25)34(37(4,5)49)53-35(48)41(50-9,42(43,44)45)26-13-11-10-12-14-26/h10-14,16,18,20,25,27-28,30-31,33-34,49H,15,17,19,21-23H2,1-9H3/t25-,27+,28-,30-,31+,33-,34-,38+,39-,40+,41-/m1/s1. The van der Waals surface area contributed by atoms with Gasteiger partial charge in [0.25, 0.3) is 5.60 Å². The molecule has 1 aliphatic heterocycles. The summed E-state index contributed by atoms with van der Waals surface area (Å²) in [5, 5.41) is 11.3. The van der Waals surface area contributed by atoms with Crippen molar-refractivity contribution in [1.29, 1.82) is 0 Å². The van der Waals surface area contributed by atoms with E-state index in [0.29, 0.717) is 12.8 Å². The van der Waals surface area contributed by atoms with Crippen molar-refractivity contribution in [3.63, 3.8) is 0 Å². The van der Waals surface area contributed by atoms with Crippen LogP contribution < -0.4 is 0 Å². The number of rotatable bonds is 8. The van der Waals surface area contributed by atoms with Crippen molar-refractivity contribution in [2.75, 3.05) is 13.7 Å². The fourth-order valence-electron chi connectivity index (χ4n) is 11.8.